The first kappa shape index (κ1) is 10.5. The lowest BCUT2D eigenvalue weighted by Gasteiger charge is -1.99. The number of rotatable bonds is 2. The molecule has 3 rings (SSSR count). The van der Waals surface area contributed by atoms with E-state index in [2.05, 4.69) is 15.0 Å². The van der Waals surface area contributed by atoms with Gasteiger partial charge in [0, 0.05) is 5.39 Å². The van der Waals surface area contributed by atoms with Gasteiger partial charge in [0.1, 0.15) is 11.4 Å². The number of aromatic carboxylic acids is 1. The molecule has 2 N–H and O–H groups in total. The molecule has 0 aliphatic carbocycles. The van der Waals surface area contributed by atoms with Gasteiger partial charge in [-0.05, 0) is 12.1 Å². The number of para-hydroxylation sites is 1. The molecule has 0 aliphatic heterocycles. The van der Waals surface area contributed by atoms with Gasteiger partial charge in [-0.1, -0.05) is 24.3 Å². The summed E-state index contributed by atoms with van der Waals surface area (Å²) in [5.41, 5.74) is 1.53. The molecule has 0 unspecified atom stereocenters. The zero-order valence-corrected chi connectivity index (χ0v) is 9.29. The molecular formula is C13H9N3O2. The average Bonchev–Trinajstić information content (AvgIpc) is 2.88. The van der Waals surface area contributed by atoms with Gasteiger partial charge in [0.25, 0.3) is 0 Å². The second-order valence-corrected chi connectivity index (χ2v) is 3.84. The average molecular weight is 239 g/mol. The van der Waals surface area contributed by atoms with E-state index >= 15 is 0 Å². The number of benzene rings is 1. The fourth-order valence-corrected chi connectivity index (χ4v) is 1.76. The highest BCUT2D eigenvalue weighted by Gasteiger charge is 2.09. The van der Waals surface area contributed by atoms with E-state index in [9.17, 15) is 4.79 Å². The SMILES string of the molecule is O=C(O)c1cnc(-c2ccc3ccccc3n2)[nH]1. The highest BCUT2D eigenvalue weighted by atomic mass is 16.4. The lowest BCUT2D eigenvalue weighted by Crippen LogP contribution is -1.95. The molecule has 0 saturated heterocycles. The Kier molecular flexibility index (Phi) is 2.30. The molecule has 0 spiro atoms. The number of nitrogens with one attached hydrogen (secondary N) is 1. The molecule has 0 bridgehead atoms. The zero-order valence-electron chi connectivity index (χ0n) is 9.29. The lowest BCUT2D eigenvalue weighted by atomic mass is 10.2. The molecule has 0 saturated carbocycles. The van der Waals surface area contributed by atoms with E-state index in [4.69, 9.17) is 5.11 Å². The minimum atomic E-state index is -1.03. The van der Waals surface area contributed by atoms with E-state index in [1.54, 1.807) is 0 Å². The number of aromatic amines is 1. The summed E-state index contributed by atoms with van der Waals surface area (Å²) in [5.74, 6) is -0.576. The van der Waals surface area contributed by atoms with Crippen LogP contribution in [0, 0.1) is 0 Å². The standard InChI is InChI=1S/C13H9N3O2/c17-13(18)11-7-14-12(16-11)10-6-5-8-3-1-2-4-9(8)15-10/h1-7H,(H,14,16)(H,17,18). The molecular weight excluding hydrogens is 230 g/mol. The van der Waals surface area contributed by atoms with Crippen LogP contribution >= 0.6 is 0 Å². The Morgan fingerprint density at radius 1 is 1.17 bits per heavy atom. The summed E-state index contributed by atoms with van der Waals surface area (Å²) in [6.07, 6.45) is 1.29. The van der Waals surface area contributed by atoms with Crippen molar-refractivity contribution in [1.82, 2.24) is 15.0 Å². The maximum absolute atomic E-state index is 10.8. The van der Waals surface area contributed by atoms with Crippen LogP contribution in [0.2, 0.25) is 0 Å². The third-order valence-corrected chi connectivity index (χ3v) is 2.65. The fourth-order valence-electron chi connectivity index (χ4n) is 1.76. The second-order valence-electron chi connectivity index (χ2n) is 3.84. The first-order valence-corrected chi connectivity index (χ1v) is 5.38. The number of fused-ring (bicyclic) bond motifs is 1. The number of aromatic nitrogens is 3. The number of H-pyrrole nitrogens is 1. The van der Waals surface area contributed by atoms with Crippen molar-refractivity contribution in [3.8, 4) is 11.5 Å². The summed E-state index contributed by atoms with van der Waals surface area (Å²) >= 11 is 0. The van der Waals surface area contributed by atoms with Crippen LogP contribution in [0.3, 0.4) is 0 Å². The summed E-state index contributed by atoms with van der Waals surface area (Å²) in [6, 6.07) is 11.5. The van der Waals surface area contributed by atoms with Crippen molar-refractivity contribution in [2.45, 2.75) is 0 Å². The summed E-state index contributed by atoms with van der Waals surface area (Å²) in [7, 11) is 0. The lowest BCUT2D eigenvalue weighted by molar-refractivity contribution is 0.0691. The van der Waals surface area contributed by atoms with Gasteiger partial charge in [0.15, 0.2) is 5.82 Å². The molecule has 0 fully saturated rings. The van der Waals surface area contributed by atoms with Crippen LogP contribution in [-0.2, 0) is 0 Å². The quantitative estimate of drug-likeness (QED) is 0.719. The minimum Gasteiger partial charge on any atom is -0.477 e. The Bertz CT molecular complexity index is 734. The molecule has 18 heavy (non-hydrogen) atoms. The monoisotopic (exact) mass is 239 g/mol. The van der Waals surface area contributed by atoms with Crippen molar-refractivity contribution in [2.24, 2.45) is 0 Å². The van der Waals surface area contributed by atoms with Gasteiger partial charge in [0.05, 0.1) is 11.7 Å². The molecule has 1 aromatic carbocycles. The first-order chi connectivity index (χ1) is 8.74. The number of nitrogens with zero attached hydrogens (tertiary/aromatic N) is 2. The molecule has 5 heteroatoms. The summed E-state index contributed by atoms with van der Waals surface area (Å²) in [4.78, 5) is 21.9. The van der Waals surface area contributed by atoms with E-state index in [1.807, 2.05) is 36.4 Å². The van der Waals surface area contributed by atoms with Crippen LogP contribution in [-0.4, -0.2) is 26.0 Å². The smallest absolute Gasteiger partial charge is 0.353 e. The van der Waals surface area contributed by atoms with Gasteiger partial charge in [-0.3, -0.25) is 0 Å². The number of hydrogen-bond donors (Lipinski definition) is 2. The molecule has 3 aromatic rings. The Morgan fingerprint density at radius 2 is 2.00 bits per heavy atom. The molecule has 0 atom stereocenters. The van der Waals surface area contributed by atoms with Crippen LogP contribution in [0.25, 0.3) is 22.4 Å². The summed E-state index contributed by atoms with van der Waals surface area (Å²) in [6.45, 7) is 0. The van der Waals surface area contributed by atoms with Crippen molar-refractivity contribution in [3.05, 3.63) is 48.3 Å². The predicted molar refractivity (Wildman–Crippen MR) is 66.3 cm³/mol. The maximum atomic E-state index is 10.8. The fraction of sp³-hybridized carbons (Fsp3) is 0. The maximum Gasteiger partial charge on any atom is 0.353 e. The van der Waals surface area contributed by atoms with Crippen LogP contribution in [0.15, 0.2) is 42.6 Å². The number of imidazole rings is 1. The van der Waals surface area contributed by atoms with Gasteiger partial charge in [-0.15, -0.1) is 0 Å². The van der Waals surface area contributed by atoms with Gasteiger partial charge < -0.3 is 10.1 Å². The molecule has 88 valence electrons. The van der Waals surface area contributed by atoms with E-state index in [0.29, 0.717) is 11.5 Å². The van der Waals surface area contributed by atoms with Crippen LogP contribution in [0.4, 0.5) is 0 Å². The summed E-state index contributed by atoms with van der Waals surface area (Å²) in [5, 5.41) is 9.86. The van der Waals surface area contributed by atoms with Crippen LogP contribution in [0.5, 0.6) is 0 Å². The van der Waals surface area contributed by atoms with Gasteiger partial charge in [-0.2, -0.15) is 0 Å². The first-order valence-electron chi connectivity index (χ1n) is 5.38. The Balaban J connectivity index is 2.10. The molecule has 2 aromatic heterocycles. The third-order valence-electron chi connectivity index (χ3n) is 2.65. The Morgan fingerprint density at radius 3 is 2.78 bits per heavy atom. The predicted octanol–water partition coefficient (Wildman–Crippen LogP) is 2.32. The van der Waals surface area contributed by atoms with Crippen molar-refractivity contribution in [3.63, 3.8) is 0 Å². The highest BCUT2D eigenvalue weighted by molar-refractivity contribution is 5.86. The van der Waals surface area contributed by atoms with E-state index in [0.717, 1.165) is 10.9 Å². The van der Waals surface area contributed by atoms with Gasteiger partial charge in [0.2, 0.25) is 0 Å². The molecule has 0 aliphatic rings. The van der Waals surface area contributed by atoms with Crippen molar-refractivity contribution < 1.29 is 9.90 Å². The number of hydrogen-bond acceptors (Lipinski definition) is 3. The third kappa shape index (κ3) is 1.71. The highest BCUT2D eigenvalue weighted by Crippen LogP contribution is 2.18. The number of carboxylic acid groups (broad SMARTS) is 1. The van der Waals surface area contributed by atoms with Gasteiger partial charge >= 0.3 is 5.97 Å². The molecule has 5 nitrogen and oxygen atoms in total. The van der Waals surface area contributed by atoms with E-state index in [1.165, 1.54) is 6.20 Å². The normalized spacial score (nSPS) is 10.7. The molecule has 2 heterocycles. The minimum absolute atomic E-state index is 0.0555. The Hall–Kier alpha value is -2.69. The number of carbonyl (C=O) groups is 1. The van der Waals surface area contributed by atoms with Crippen LogP contribution in [0.1, 0.15) is 10.5 Å². The Labute approximate surface area is 102 Å². The van der Waals surface area contributed by atoms with Crippen LogP contribution < -0.4 is 0 Å². The van der Waals surface area contributed by atoms with Crippen molar-refractivity contribution in [1.29, 1.82) is 0 Å². The largest absolute Gasteiger partial charge is 0.477 e. The zero-order chi connectivity index (χ0) is 12.5. The van der Waals surface area contributed by atoms with Gasteiger partial charge in [-0.25, -0.2) is 14.8 Å². The van der Waals surface area contributed by atoms with E-state index in [-0.39, 0.29) is 5.69 Å². The topological polar surface area (TPSA) is 78.9 Å². The number of pyridine rings is 1. The molecule has 0 amide bonds. The van der Waals surface area contributed by atoms with Crippen molar-refractivity contribution >= 4 is 16.9 Å². The second kappa shape index (κ2) is 3.96. The summed E-state index contributed by atoms with van der Waals surface area (Å²) < 4.78 is 0. The van der Waals surface area contributed by atoms with E-state index < -0.39 is 5.97 Å². The van der Waals surface area contributed by atoms with Crippen molar-refractivity contribution in [2.75, 3.05) is 0 Å². The number of carboxylic acids is 1. The molecule has 0 radical (unpaired) electrons.